The molecule has 1 unspecified atom stereocenters. The summed E-state index contributed by atoms with van der Waals surface area (Å²) in [5.74, 6) is -1.31. The van der Waals surface area contributed by atoms with Crippen LogP contribution < -0.4 is 16.0 Å². The summed E-state index contributed by atoms with van der Waals surface area (Å²) in [7, 11) is 0. The van der Waals surface area contributed by atoms with Gasteiger partial charge in [0, 0.05) is 18.2 Å². The smallest absolute Gasteiger partial charge is 0.391 e. The van der Waals surface area contributed by atoms with Gasteiger partial charge in [0.15, 0.2) is 0 Å². The molecule has 1 aromatic carbocycles. The molecule has 0 saturated heterocycles. The molecule has 3 atom stereocenters. The molecular weight excluding hydrogens is 387 g/mol. The van der Waals surface area contributed by atoms with Gasteiger partial charge in [-0.2, -0.15) is 13.2 Å². The van der Waals surface area contributed by atoms with E-state index in [4.69, 9.17) is 0 Å². The first kappa shape index (κ1) is 24.9. The Hall–Kier alpha value is -2.13. The molecule has 0 bridgehead atoms. The second-order valence-corrected chi connectivity index (χ2v) is 7.01. The lowest BCUT2D eigenvalue weighted by molar-refractivity contribution is -0.137. The van der Waals surface area contributed by atoms with E-state index in [2.05, 4.69) is 16.0 Å². The maximum atomic E-state index is 12.8. The van der Waals surface area contributed by atoms with Crippen LogP contribution in [0.2, 0.25) is 0 Å². The molecule has 4 N–H and O–H groups in total. The zero-order valence-corrected chi connectivity index (χ0v) is 17.0. The van der Waals surface area contributed by atoms with Crippen LogP contribution in [-0.4, -0.2) is 48.2 Å². The summed E-state index contributed by atoms with van der Waals surface area (Å²) in [6.45, 7) is 5.87. The van der Waals surface area contributed by atoms with Crippen LogP contribution in [-0.2, 0) is 11.0 Å². The Labute approximate surface area is 169 Å². The first-order valence-corrected chi connectivity index (χ1v) is 9.74. The van der Waals surface area contributed by atoms with E-state index in [1.807, 2.05) is 20.8 Å². The van der Waals surface area contributed by atoms with E-state index in [0.717, 1.165) is 31.0 Å². The number of aliphatic hydroxyl groups excluding tert-OH is 1. The third-order valence-electron chi connectivity index (χ3n) is 4.56. The predicted molar refractivity (Wildman–Crippen MR) is 104 cm³/mol. The first-order valence-electron chi connectivity index (χ1n) is 9.74. The number of carbonyl (C=O) groups is 2. The van der Waals surface area contributed by atoms with Gasteiger partial charge in [-0.25, -0.2) is 0 Å². The molecule has 1 aromatic rings. The Morgan fingerprint density at radius 1 is 1.21 bits per heavy atom. The van der Waals surface area contributed by atoms with Crippen molar-refractivity contribution in [3.63, 3.8) is 0 Å². The topological polar surface area (TPSA) is 90.5 Å². The Kier molecular flexibility index (Phi) is 10.1. The Morgan fingerprint density at radius 3 is 2.48 bits per heavy atom. The monoisotopic (exact) mass is 417 g/mol. The average Bonchev–Trinajstić information content (AvgIpc) is 2.68. The molecule has 0 fully saturated rings. The van der Waals surface area contributed by atoms with E-state index < -0.39 is 42.2 Å². The van der Waals surface area contributed by atoms with Crippen molar-refractivity contribution in [1.82, 2.24) is 16.0 Å². The highest BCUT2D eigenvalue weighted by Crippen LogP contribution is 2.29. The molecule has 164 valence electrons. The Bertz CT molecular complexity index is 668. The molecule has 1 rings (SSSR count). The SMILES string of the molecule is CCC[C@H](O)[C@H](CNC(C)CC)NC(=O)CNC(=O)c1cccc(C(F)(F)F)c1. The summed E-state index contributed by atoms with van der Waals surface area (Å²) in [6.07, 6.45) is -3.18. The van der Waals surface area contributed by atoms with Crippen molar-refractivity contribution in [3.05, 3.63) is 35.4 Å². The van der Waals surface area contributed by atoms with Crippen LogP contribution in [0.5, 0.6) is 0 Å². The van der Waals surface area contributed by atoms with Crippen LogP contribution in [0.4, 0.5) is 13.2 Å². The Morgan fingerprint density at radius 2 is 1.90 bits per heavy atom. The quantitative estimate of drug-likeness (QED) is 0.445. The number of hydrogen-bond acceptors (Lipinski definition) is 4. The molecule has 0 spiro atoms. The summed E-state index contributed by atoms with van der Waals surface area (Å²) in [6, 6.07) is 3.65. The summed E-state index contributed by atoms with van der Waals surface area (Å²) in [5, 5.41) is 18.5. The minimum absolute atomic E-state index is 0.186. The predicted octanol–water partition coefficient (Wildman–Crippen LogP) is 2.47. The molecule has 0 heterocycles. The number of benzene rings is 1. The van der Waals surface area contributed by atoms with Crippen LogP contribution in [0.15, 0.2) is 24.3 Å². The van der Waals surface area contributed by atoms with Gasteiger partial charge < -0.3 is 21.1 Å². The van der Waals surface area contributed by atoms with Crippen molar-refractivity contribution >= 4 is 11.8 Å². The molecule has 0 radical (unpaired) electrons. The molecule has 9 heteroatoms. The van der Waals surface area contributed by atoms with Gasteiger partial charge in [0.05, 0.1) is 24.3 Å². The minimum atomic E-state index is -4.56. The van der Waals surface area contributed by atoms with Crippen LogP contribution in [0, 0.1) is 0 Å². The van der Waals surface area contributed by atoms with Crippen molar-refractivity contribution in [2.45, 2.75) is 64.4 Å². The van der Waals surface area contributed by atoms with Crippen molar-refractivity contribution < 1.29 is 27.9 Å². The normalized spacial score (nSPS) is 14.7. The lowest BCUT2D eigenvalue weighted by Gasteiger charge is -2.26. The third-order valence-corrected chi connectivity index (χ3v) is 4.56. The molecule has 0 aliphatic carbocycles. The second kappa shape index (κ2) is 11.8. The lowest BCUT2D eigenvalue weighted by Crippen LogP contribution is -2.52. The van der Waals surface area contributed by atoms with Crippen LogP contribution in [0.3, 0.4) is 0 Å². The largest absolute Gasteiger partial charge is 0.416 e. The van der Waals surface area contributed by atoms with Crippen molar-refractivity contribution in [3.8, 4) is 0 Å². The Balaban J connectivity index is 2.65. The molecule has 0 aromatic heterocycles. The number of rotatable bonds is 11. The number of hydrogen-bond donors (Lipinski definition) is 4. The number of aliphatic hydroxyl groups is 1. The molecule has 2 amide bonds. The van der Waals surface area contributed by atoms with Crippen molar-refractivity contribution in [1.29, 1.82) is 0 Å². The highest BCUT2D eigenvalue weighted by molar-refractivity contribution is 5.96. The van der Waals surface area contributed by atoms with E-state index in [1.165, 1.54) is 6.07 Å². The van der Waals surface area contributed by atoms with Gasteiger partial charge in [-0.3, -0.25) is 9.59 Å². The first-order chi connectivity index (χ1) is 13.6. The van der Waals surface area contributed by atoms with E-state index >= 15 is 0 Å². The summed E-state index contributed by atoms with van der Waals surface area (Å²) in [5.41, 5.74) is -1.12. The molecular formula is C20H30F3N3O3. The highest BCUT2D eigenvalue weighted by Gasteiger charge is 2.31. The molecule has 0 aliphatic rings. The summed E-state index contributed by atoms with van der Waals surface area (Å²) in [4.78, 5) is 24.3. The maximum absolute atomic E-state index is 12.8. The van der Waals surface area contributed by atoms with E-state index in [-0.39, 0.29) is 11.6 Å². The summed E-state index contributed by atoms with van der Waals surface area (Å²) < 4.78 is 38.3. The molecule has 0 aliphatic heterocycles. The van der Waals surface area contributed by atoms with Crippen LogP contribution >= 0.6 is 0 Å². The fraction of sp³-hybridized carbons (Fsp3) is 0.600. The maximum Gasteiger partial charge on any atom is 0.416 e. The number of carbonyl (C=O) groups excluding carboxylic acids is 2. The van der Waals surface area contributed by atoms with E-state index in [1.54, 1.807) is 0 Å². The third kappa shape index (κ3) is 8.82. The van der Waals surface area contributed by atoms with Gasteiger partial charge in [0.1, 0.15) is 0 Å². The zero-order valence-electron chi connectivity index (χ0n) is 17.0. The number of nitrogens with one attached hydrogen (secondary N) is 3. The van der Waals surface area contributed by atoms with Crippen molar-refractivity contribution in [2.75, 3.05) is 13.1 Å². The van der Waals surface area contributed by atoms with Gasteiger partial charge in [-0.05, 0) is 38.0 Å². The zero-order chi connectivity index (χ0) is 22.0. The standard InChI is InChI=1S/C20H30F3N3O3/c1-4-7-17(27)16(11-24-13(3)5-2)26-18(28)12-25-19(29)14-8-6-9-15(10-14)20(21,22)23/h6,8-10,13,16-17,24,27H,4-5,7,11-12H2,1-3H3,(H,25,29)(H,26,28)/t13?,16-,17-/m0/s1. The lowest BCUT2D eigenvalue weighted by atomic mass is 10.1. The van der Waals surface area contributed by atoms with Gasteiger partial charge in [-0.15, -0.1) is 0 Å². The number of amides is 2. The molecule has 0 saturated carbocycles. The molecule has 29 heavy (non-hydrogen) atoms. The highest BCUT2D eigenvalue weighted by atomic mass is 19.4. The fourth-order valence-electron chi connectivity index (χ4n) is 2.61. The second-order valence-electron chi connectivity index (χ2n) is 7.01. The minimum Gasteiger partial charge on any atom is -0.391 e. The average molecular weight is 417 g/mol. The number of alkyl halides is 3. The number of halogens is 3. The molecule has 6 nitrogen and oxygen atoms in total. The van der Waals surface area contributed by atoms with Gasteiger partial charge in [0.25, 0.3) is 5.91 Å². The van der Waals surface area contributed by atoms with Gasteiger partial charge in [-0.1, -0.05) is 26.3 Å². The fourth-order valence-corrected chi connectivity index (χ4v) is 2.61. The van der Waals surface area contributed by atoms with Crippen LogP contribution in [0.1, 0.15) is 56.0 Å². The van der Waals surface area contributed by atoms with Crippen LogP contribution in [0.25, 0.3) is 0 Å². The van der Waals surface area contributed by atoms with E-state index in [9.17, 15) is 27.9 Å². The van der Waals surface area contributed by atoms with E-state index in [0.29, 0.717) is 13.0 Å². The summed E-state index contributed by atoms with van der Waals surface area (Å²) >= 11 is 0. The van der Waals surface area contributed by atoms with Gasteiger partial charge in [0.2, 0.25) is 5.91 Å². The van der Waals surface area contributed by atoms with Crippen molar-refractivity contribution in [2.24, 2.45) is 0 Å². The van der Waals surface area contributed by atoms with Gasteiger partial charge >= 0.3 is 6.18 Å².